The molecule has 3 rings (SSSR count). The van der Waals surface area contributed by atoms with E-state index >= 15 is 0 Å². The van der Waals surface area contributed by atoms with Crippen LogP contribution >= 0.6 is 15.9 Å². The van der Waals surface area contributed by atoms with Crippen LogP contribution in [0.5, 0.6) is 11.5 Å². The minimum absolute atomic E-state index is 0.311. The molecule has 0 atom stereocenters. The summed E-state index contributed by atoms with van der Waals surface area (Å²) in [6, 6.07) is 8.69. The molecule has 30 heavy (non-hydrogen) atoms. The Bertz CT molecular complexity index is 1020. The number of ether oxygens (including phenoxy) is 3. The van der Waals surface area contributed by atoms with E-state index in [0.717, 1.165) is 12.8 Å². The summed E-state index contributed by atoms with van der Waals surface area (Å²) in [7, 11) is 2.85. The lowest BCUT2D eigenvalue weighted by atomic mass is 10.2. The Balaban J connectivity index is 1.58. The van der Waals surface area contributed by atoms with E-state index in [2.05, 4.69) is 31.1 Å². The number of aromatic nitrogens is 4. The van der Waals surface area contributed by atoms with Crippen LogP contribution in [0.15, 0.2) is 41.1 Å². The largest absolute Gasteiger partial charge is 0.496 e. The van der Waals surface area contributed by atoms with Gasteiger partial charge in [0.05, 0.1) is 25.3 Å². The molecule has 1 aromatic carbocycles. The Morgan fingerprint density at radius 2 is 2.03 bits per heavy atom. The van der Waals surface area contributed by atoms with E-state index in [1.165, 1.54) is 14.2 Å². The summed E-state index contributed by atoms with van der Waals surface area (Å²) in [6.45, 7) is 1.12. The number of unbranched alkanes of at least 4 members (excludes halogenated alkanes) is 1. The number of rotatable bonds is 9. The first kappa shape index (κ1) is 21.6. The monoisotopic (exact) mass is 475 g/mol. The number of esters is 1. The van der Waals surface area contributed by atoms with Crippen LogP contribution in [-0.4, -0.2) is 46.5 Å². The van der Waals surface area contributed by atoms with Crippen molar-refractivity contribution in [3.63, 3.8) is 0 Å². The first-order chi connectivity index (χ1) is 14.5. The Labute approximate surface area is 182 Å². The minimum Gasteiger partial charge on any atom is -0.496 e. The van der Waals surface area contributed by atoms with Crippen LogP contribution in [-0.2, 0) is 11.3 Å². The lowest BCUT2D eigenvalue weighted by Gasteiger charge is -2.13. The second-order valence-corrected chi connectivity index (χ2v) is 7.18. The quantitative estimate of drug-likeness (QED) is 0.370. The zero-order valence-corrected chi connectivity index (χ0v) is 18.3. The molecule has 0 saturated carbocycles. The molecule has 0 amide bonds. The molecular formula is C20H22BrN5O4. The zero-order chi connectivity index (χ0) is 21.5. The van der Waals surface area contributed by atoms with E-state index in [9.17, 15) is 4.79 Å². The van der Waals surface area contributed by atoms with Crippen LogP contribution in [0.4, 0.5) is 5.82 Å². The van der Waals surface area contributed by atoms with Crippen LogP contribution in [0.25, 0.3) is 11.5 Å². The fraction of sp³-hybridized carbons (Fsp3) is 0.300. The van der Waals surface area contributed by atoms with E-state index in [1.807, 2.05) is 16.7 Å². The fourth-order valence-corrected chi connectivity index (χ4v) is 3.32. The van der Waals surface area contributed by atoms with Crippen LogP contribution < -0.4 is 15.2 Å². The Kier molecular flexibility index (Phi) is 7.23. The van der Waals surface area contributed by atoms with Crippen molar-refractivity contribution in [2.45, 2.75) is 19.4 Å². The van der Waals surface area contributed by atoms with Gasteiger partial charge in [-0.15, -0.1) is 10.2 Å². The maximum absolute atomic E-state index is 12.0. The summed E-state index contributed by atoms with van der Waals surface area (Å²) < 4.78 is 18.5. The lowest BCUT2D eigenvalue weighted by Crippen LogP contribution is -2.08. The lowest BCUT2D eigenvalue weighted by molar-refractivity contribution is 0.0595. The third kappa shape index (κ3) is 5.07. The normalized spacial score (nSPS) is 10.6. The molecule has 2 heterocycles. The van der Waals surface area contributed by atoms with Crippen molar-refractivity contribution < 1.29 is 19.0 Å². The number of carbonyl (C=O) groups excluding carboxylic acids is 1. The number of pyridine rings is 1. The Morgan fingerprint density at radius 1 is 1.20 bits per heavy atom. The molecule has 0 fully saturated rings. The van der Waals surface area contributed by atoms with Crippen LogP contribution in [0.3, 0.4) is 0 Å². The summed E-state index contributed by atoms with van der Waals surface area (Å²) in [5.41, 5.74) is 6.74. The fourth-order valence-electron chi connectivity index (χ4n) is 2.84. The predicted molar refractivity (Wildman–Crippen MR) is 114 cm³/mol. The van der Waals surface area contributed by atoms with Gasteiger partial charge in [-0.3, -0.25) is 0 Å². The number of aryl methyl sites for hydroxylation is 1. The number of carbonyl (C=O) groups is 1. The molecule has 0 spiro atoms. The molecule has 2 N–H and O–H groups in total. The van der Waals surface area contributed by atoms with Gasteiger partial charge in [0.15, 0.2) is 5.82 Å². The highest BCUT2D eigenvalue weighted by Gasteiger charge is 2.17. The molecule has 0 aliphatic rings. The molecular weight excluding hydrogens is 454 g/mol. The molecule has 2 aromatic heterocycles. The highest BCUT2D eigenvalue weighted by Crippen LogP contribution is 2.33. The number of hydrogen-bond acceptors (Lipinski definition) is 8. The Hall–Kier alpha value is -3.14. The van der Waals surface area contributed by atoms with Gasteiger partial charge >= 0.3 is 5.97 Å². The van der Waals surface area contributed by atoms with E-state index in [4.69, 9.17) is 19.9 Å². The molecule has 3 aromatic rings. The maximum atomic E-state index is 12.0. The van der Waals surface area contributed by atoms with Gasteiger partial charge in [-0.25, -0.2) is 9.78 Å². The summed E-state index contributed by atoms with van der Waals surface area (Å²) in [5.74, 6) is 1.57. The SMILES string of the molecule is COC(=O)c1cc(OC)c(Br)cc1OCCCCn1cnnc1-c1cccc(N)n1. The van der Waals surface area contributed by atoms with Crippen LogP contribution in [0.1, 0.15) is 23.2 Å². The third-order valence-corrected chi connectivity index (χ3v) is 4.95. The summed E-state index contributed by atoms with van der Waals surface area (Å²) >= 11 is 3.41. The number of methoxy groups -OCH3 is 2. The topological polar surface area (TPSA) is 114 Å². The first-order valence-corrected chi connectivity index (χ1v) is 10.0. The standard InChI is InChI=1S/C20H22BrN5O4/c1-28-17-10-13(20(27)29-2)16(11-14(17)21)30-9-4-3-8-26-12-23-25-19(26)15-6-5-7-18(22)24-15/h5-7,10-12H,3-4,8-9H2,1-2H3,(H2,22,24). The molecule has 10 heteroatoms. The number of hydrogen-bond donors (Lipinski definition) is 1. The van der Waals surface area contributed by atoms with Crippen molar-refractivity contribution in [2.24, 2.45) is 0 Å². The van der Waals surface area contributed by atoms with Gasteiger partial charge in [-0.1, -0.05) is 6.07 Å². The molecule has 0 unspecified atom stereocenters. The summed E-state index contributed by atoms with van der Waals surface area (Å²) in [5, 5.41) is 8.11. The number of halogens is 1. The van der Waals surface area contributed by atoms with Crippen molar-refractivity contribution in [3.8, 4) is 23.0 Å². The highest BCUT2D eigenvalue weighted by molar-refractivity contribution is 9.10. The average Bonchev–Trinajstić information content (AvgIpc) is 3.21. The van der Waals surface area contributed by atoms with E-state index in [-0.39, 0.29) is 0 Å². The molecule has 0 radical (unpaired) electrons. The molecule has 158 valence electrons. The highest BCUT2D eigenvalue weighted by atomic mass is 79.9. The summed E-state index contributed by atoms with van der Waals surface area (Å²) in [4.78, 5) is 16.3. The first-order valence-electron chi connectivity index (χ1n) is 9.23. The van der Waals surface area contributed by atoms with Crippen molar-refractivity contribution in [3.05, 3.63) is 46.7 Å². The second-order valence-electron chi connectivity index (χ2n) is 6.33. The van der Waals surface area contributed by atoms with Crippen molar-refractivity contribution in [1.29, 1.82) is 0 Å². The van der Waals surface area contributed by atoms with Gasteiger partial charge in [0, 0.05) is 6.54 Å². The van der Waals surface area contributed by atoms with Crippen LogP contribution in [0, 0.1) is 0 Å². The van der Waals surface area contributed by atoms with Gasteiger partial charge in [-0.05, 0) is 53.0 Å². The third-order valence-electron chi connectivity index (χ3n) is 4.33. The van der Waals surface area contributed by atoms with Gasteiger partial charge in [-0.2, -0.15) is 0 Å². The van der Waals surface area contributed by atoms with Crippen molar-refractivity contribution in [2.75, 3.05) is 26.6 Å². The number of anilines is 1. The van der Waals surface area contributed by atoms with Gasteiger partial charge in [0.25, 0.3) is 0 Å². The number of nitrogens with zero attached hydrogens (tertiary/aromatic N) is 4. The summed E-state index contributed by atoms with van der Waals surface area (Å²) in [6.07, 6.45) is 3.24. The average molecular weight is 476 g/mol. The van der Waals surface area contributed by atoms with Gasteiger partial charge < -0.3 is 24.5 Å². The van der Waals surface area contributed by atoms with Gasteiger partial charge in [0.1, 0.15) is 34.9 Å². The molecule has 0 saturated heterocycles. The van der Waals surface area contributed by atoms with Crippen molar-refractivity contribution in [1.82, 2.24) is 19.7 Å². The molecule has 9 nitrogen and oxygen atoms in total. The van der Waals surface area contributed by atoms with E-state index in [1.54, 1.807) is 24.5 Å². The van der Waals surface area contributed by atoms with Crippen molar-refractivity contribution >= 4 is 27.7 Å². The molecule has 0 aliphatic heterocycles. The molecule has 0 bridgehead atoms. The number of nitrogens with two attached hydrogens (primary N) is 1. The predicted octanol–water partition coefficient (Wildman–Crippen LogP) is 3.34. The maximum Gasteiger partial charge on any atom is 0.341 e. The minimum atomic E-state index is -0.487. The smallest absolute Gasteiger partial charge is 0.341 e. The van der Waals surface area contributed by atoms with Gasteiger partial charge in [0.2, 0.25) is 0 Å². The number of nitrogen functional groups attached to an aromatic ring is 1. The number of benzene rings is 1. The Morgan fingerprint density at radius 3 is 2.77 bits per heavy atom. The second kappa shape index (κ2) is 10.1. The zero-order valence-electron chi connectivity index (χ0n) is 16.7. The van der Waals surface area contributed by atoms with E-state index < -0.39 is 5.97 Å². The molecule has 0 aliphatic carbocycles. The van der Waals surface area contributed by atoms with Crippen LogP contribution in [0.2, 0.25) is 0 Å². The van der Waals surface area contributed by atoms with E-state index in [0.29, 0.717) is 52.0 Å².